The molecule has 1 aliphatic rings. The molecular weight excluding hydrogens is 245 g/mol. The molecule has 1 aromatic rings. The quantitative estimate of drug-likeness (QED) is 0.819. The average molecular weight is 263 g/mol. The number of nitrogens with zero attached hydrogens (tertiary/aromatic N) is 1. The SMILES string of the molecule is CC1CN(Cc2ccc(F)cc2C#CCO)CCO1. The van der Waals surface area contributed by atoms with Crippen LogP contribution in [-0.2, 0) is 11.3 Å². The number of morpholine rings is 1. The minimum Gasteiger partial charge on any atom is -0.384 e. The number of ether oxygens (including phenoxy) is 1. The number of hydrogen-bond donors (Lipinski definition) is 1. The Morgan fingerprint density at radius 2 is 2.37 bits per heavy atom. The van der Waals surface area contributed by atoms with E-state index in [9.17, 15) is 4.39 Å². The second kappa shape index (κ2) is 6.67. The van der Waals surface area contributed by atoms with Crippen LogP contribution in [0.5, 0.6) is 0 Å². The lowest BCUT2D eigenvalue weighted by molar-refractivity contribution is -0.0212. The molecule has 1 saturated heterocycles. The van der Waals surface area contributed by atoms with E-state index in [-0.39, 0.29) is 18.5 Å². The first-order valence-electron chi connectivity index (χ1n) is 6.41. The minimum absolute atomic E-state index is 0.218. The van der Waals surface area contributed by atoms with Crippen molar-refractivity contribution in [1.29, 1.82) is 0 Å². The molecule has 1 aromatic carbocycles. The molecule has 0 aromatic heterocycles. The van der Waals surface area contributed by atoms with Crippen molar-refractivity contribution in [2.75, 3.05) is 26.3 Å². The summed E-state index contributed by atoms with van der Waals surface area (Å²) in [6.45, 7) is 5.01. The Bertz CT molecular complexity index is 493. The van der Waals surface area contributed by atoms with Gasteiger partial charge in [-0.3, -0.25) is 4.90 Å². The van der Waals surface area contributed by atoms with Gasteiger partial charge < -0.3 is 9.84 Å². The Hall–Kier alpha value is -1.41. The third kappa shape index (κ3) is 4.03. The molecule has 0 radical (unpaired) electrons. The van der Waals surface area contributed by atoms with Gasteiger partial charge in [-0.2, -0.15) is 0 Å². The molecule has 0 aliphatic carbocycles. The Labute approximate surface area is 113 Å². The molecule has 1 fully saturated rings. The minimum atomic E-state index is -0.304. The van der Waals surface area contributed by atoms with E-state index in [2.05, 4.69) is 16.7 Å². The van der Waals surface area contributed by atoms with Crippen LogP contribution in [0, 0.1) is 17.7 Å². The monoisotopic (exact) mass is 263 g/mol. The molecule has 1 N–H and O–H groups in total. The van der Waals surface area contributed by atoms with E-state index in [1.165, 1.54) is 12.1 Å². The van der Waals surface area contributed by atoms with Crippen molar-refractivity contribution in [2.24, 2.45) is 0 Å². The zero-order valence-electron chi connectivity index (χ0n) is 11.0. The molecule has 3 nitrogen and oxygen atoms in total. The number of benzene rings is 1. The Balaban J connectivity index is 2.14. The van der Waals surface area contributed by atoms with Crippen molar-refractivity contribution in [2.45, 2.75) is 19.6 Å². The first kappa shape index (κ1) is 14.0. The predicted molar refractivity (Wildman–Crippen MR) is 71.1 cm³/mol. The Morgan fingerprint density at radius 1 is 1.53 bits per heavy atom. The summed E-state index contributed by atoms with van der Waals surface area (Å²) in [5.74, 6) is 5.08. The smallest absolute Gasteiger partial charge is 0.124 e. The third-order valence-corrected chi connectivity index (χ3v) is 3.09. The van der Waals surface area contributed by atoms with E-state index in [4.69, 9.17) is 9.84 Å². The number of aliphatic hydroxyl groups excluding tert-OH is 1. The van der Waals surface area contributed by atoms with E-state index in [1.807, 2.05) is 6.92 Å². The van der Waals surface area contributed by atoms with Gasteiger partial charge in [-0.25, -0.2) is 4.39 Å². The van der Waals surface area contributed by atoms with Gasteiger partial charge in [0.2, 0.25) is 0 Å². The molecular formula is C15H18FNO2. The van der Waals surface area contributed by atoms with Gasteiger partial charge in [-0.15, -0.1) is 0 Å². The molecule has 1 heterocycles. The van der Waals surface area contributed by atoms with Crippen molar-refractivity contribution in [3.63, 3.8) is 0 Å². The number of hydrogen-bond acceptors (Lipinski definition) is 3. The molecule has 19 heavy (non-hydrogen) atoms. The van der Waals surface area contributed by atoms with E-state index < -0.39 is 0 Å². The van der Waals surface area contributed by atoms with Gasteiger partial charge in [0.1, 0.15) is 12.4 Å². The van der Waals surface area contributed by atoms with Crippen LogP contribution in [0.25, 0.3) is 0 Å². The van der Waals surface area contributed by atoms with Crippen molar-refractivity contribution in [3.8, 4) is 11.8 Å². The van der Waals surface area contributed by atoms with Crippen LogP contribution in [-0.4, -0.2) is 42.4 Å². The van der Waals surface area contributed by atoms with Gasteiger partial charge in [-0.05, 0) is 24.6 Å². The highest BCUT2D eigenvalue weighted by Crippen LogP contribution is 2.15. The van der Waals surface area contributed by atoms with Crippen molar-refractivity contribution >= 4 is 0 Å². The number of halogens is 1. The zero-order chi connectivity index (χ0) is 13.7. The van der Waals surface area contributed by atoms with E-state index in [0.717, 1.165) is 31.8 Å². The second-order valence-corrected chi connectivity index (χ2v) is 4.68. The van der Waals surface area contributed by atoms with E-state index >= 15 is 0 Å². The maximum absolute atomic E-state index is 13.3. The van der Waals surface area contributed by atoms with Crippen LogP contribution >= 0.6 is 0 Å². The molecule has 102 valence electrons. The van der Waals surface area contributed by atoms with Gasteiger partial charge in [0.25, 0.3) is 0 Å². The lowest BCUT2D eigenvalue weighted by Crippen LogP contribution is -2.40. The van der Waals surface area contributed by atoms with Gasteiger partial charge in [0, 0.05) is 25.2 Å². The molecule has 0 amide bonds. The highest BCUT2D eigenvalue weighted by molar-refractivity contribution is 5.41. The summed E-state index contributed by atoms with van der Waals surface area (Å²) in [6.07, 6.45) is 0.223. The summed E-state index contributed by atoms with van der Waals surface area (Å²) in [4.78, 5) is 2.27. The fraction of sp³-hybridized carbons (Fsp3) is 0.467. The molecule has 1 atom stereocenters. The van der Waals surface area contributed by atoms with Crippen LogP contribution in [0.3, 0.4) is 0 Å². The van der Waals surface area contributed by atoms with Crippen molar-refractivity contribution in [1.82, 2.24) is 4.90 Å². The average Bonchev–Trinajstić information content (AvgIpc) is 2.39. The fourth-order valence-electron chi connectivity index (χ4n) is 2.21. The van der Waals surface area contributed by atoms with Gasteiger partial charge in [0.15, 0.2) is 0 Å². The normalized spacial score (nSPS) is 19.8. The van der Waals surface area contributed by atoms with Crippen LogP contribution in [0.2, 0.25) is 0 Å². The Morgan fingerprint density at radius 3 is 3.11 bits per heavy atom. The predicted octanol–water partition coefficient (Wildman–Crippen LogP) is 1.39. The van der Waals surface area contributed by atoms with E-state index in [1.54, 1.807) is 6.07 Å². The van der Waals surface area contributed by atoms with Crippen LogP contribution in [0.4, 0.5) is 4.39 Å². The van der Waals surface area contributed by atoms with E-state index in [0.29, 0.717) is 5.56 Å². The second-order valence-electron chi connectivity index (χ2n) is 4.68. The van der Waals surface area contributed by atoms with Crippen molar-refractivity contribution in [3.05, 3.63) is 35.1 Å². The van der Waals surface area contributed by atoms with Crippen LogP contribution in [0.15, 0.2) is 18.2 Å². The molecule has 0 spiro atoms. The summed E-state index contributed by atoms with van der Waals surface area (Å²) in [7, 11) is 0. The summed E-state index contributed by atoms with van der Waals surface area (Å²) in [6, 6.07) is 4.63. The topological polar surface area (TPSA) is 32.7 Å². The van der Waals surface area contributed by atoms with Gasteiger partial charge in [-0.1, -0.05) is 17.9 Å². The summed E-state index contributed by atoms with van der Waals surface area (Å²) >= 11 is 0. The Kier molecular flexibility index (Phi) is 4.92. The third-order valence-electron chi connectivity index (χ3n) is 3.09. The molecule has 0 saturated carbocycles. The van der Waals surface area contributed by atoms with Crippen LogP contribution < -0.4 is 0 Å². The molecule has 4 heteroatoms. The largest absolute Gasteiger partial charge is 0.384 e. The van der Waals surface area contributed by atoms with Crippen molar-refractivity contribution < 1.29 is 14.2 Å². The lowest BCUT2D eigenvalue weighted by Gasteiger charge is -2.31. The molecule has 2 rings (SSSR count). The molecule has 0 bridgehead atoms. The summed E-state index contributed by atoms with van der Waals surface area (Å²) in [5, 5.41) is 8.75. The van der Waals surface area contributed by atoms with Gasteiger partial charge in [0.05, 0.1) is 12.7 Å². The summed E-state index contributed by atoms with van der Waals surface area (Å²) in [5.41, 5.74) is 1.63. The zero-order valence-corrected chi connectivity index (χ0v) is 11.0. The first-order chi connectivity index (χ1) is 9.19. The number of aliphatic hydroxyl groups is 1. The maximum Gasteiger partial charge on any atom is 0.124 e. The van der Waals surface area contributed by atoms with Gasteiger partial charge >= 0.3 is 0 Å². The lowest BCUT2D eigenvalue weighted by atomic mass is 10.1. The number of rotatable bonds is 2. The highest BCUT2D eigenvalue weighted by Gasteiger charge is 2.17. The van der Waals surface area contributed by atoms with Crippen LogP contribution in [0.1, 0.15) is 18.1 Å². The first-order valence-corrected chi connectivity index (χ1v) is 6.41. The highest BCUT2D eigenvalue weighted by atomic mass is 19.1. The molecule has 1 unspecified atom stereocenters. The standard InChI is InChI=1S/C15H18FNO2/c1-12-10-17(6-8-19-12)11-14-4-5-15(16)9-13(14)3-2-7-18/h4-5,9,12,18H,6-8,10-11H2,1H3. The fourth-order valence-corrected chi connectivity index (χ4v) is 2.21. The maximum atomic E-state index is 13.3. The molecule has 1 aliphatic heterocycles. The summed E-state index contributed by atoms with van der Waals surface area (Å²) < 4.78 is 18.7.